The highest BCUT2D eigenvalue weighted by atomic mass is 32.2. The lowest BCUT2D eigenvalue weighted by Gasteiger charge is -2.13. The first kappa shape index (κ1) is 18.6. The summed E-state index contributed by atoms with van der Waals surface area (Å²) in [6, 6.07) is 7.48. The maximum Gasteiger partial charge on any atom is 0.262 e. The topological polar surface area (TPSA) is 73.8 Å². The second kappa shape index (κ2) is 8.49. The van der Waals surface area contributed by atoms with Gasteiger partial charge < -0.3 is 4.52 Å². The minimum absolute atomic E-state index is 0.0101. The standard InChI is InChI=1S/C19H24N4O2S/c1-4-7-16-21-17(25-22-16)12-26-19-20-15-9-6-5-8-14(15)18(24)23(19)11-10-13(2)3/h5-6,8-9,13H,4,7,10-12H2,1-3H3. The first-order valence-electron chi connectivity index (χ1n) is 9.02. The van der Waals surface area contributed by atoms with E-state index in [1.165, 1.54) is 11.8 Å². The van der Waals surface area contributed by atoms with Crippen LogP contribution in [0.4, 0.5) is 0 Å². The van der Waals surface area contributed by atoms with Crippen LogP contribution < -0.4 is 5.56 Å². The van der Waals surface area contributed by atoms with Crippen LogP contribution in [-0.2, 0) is 18.7 Å². The molecule has 1 aromatic carbocycles. The van der Waals surface area contributed by atoms with Gasteiger partial charge in [-0.15, -0.1) is 0 Å². The summed E-state index contributed by atoms with van der Waals surface area (Å²) in [5, 5.41) is 5.33. The average Bonchev–Trinajstić information content (AvgIpc) is 3.07. The summed E-state index contributed by atoms with van der Waals surface area (Å²) >= 11 is 1.47. The lowest BCUT2D eigenvalue weighted by molar-refractivity contribution is 0.384. The fraction of sp³-hybridized carbons (Fsp3) is 0.474. The zero-order valence-corrected chi connectivity index (χ0v) is 16.3. The van der Waals surface area contributed by atoms with Crippen molar-refractivity contribution in [3.8, 4) is 0 Å². The van der Waals surface area contributed by atoms with E-state index >= 15 is 0 Å². The molecule has 6 nitrogen and oxygen atoms in total. The number of aromatic nitrogens is 4. The number of hydrogen-bond acceptors (Lipinski definition) is 6. The van der Waals surface area contributed by atoms with Crippen LogP contribution in [0.1, 0.15) is 45.3 Å². The Hall–Kier alpha value is -2.15. The molecular formula is C19H24N4O2S. The third-order valence-corrected chi connectivity index (χ3v) is 5.03. The van der Waals surface area contributed by atoms with E-state index in [2.05, 4.69) is 30.9 Å². The third kappa shape index (κ3) is 4.33. The van der Waals surface area contributed by atoms with E-state index in [1.807, 2.05) is 24.3 Å². The Morgan fingerprint density at radius 1 is 1.23 bits per heavy atom. The van der Waals surface area contributed by atoms with Gasteiger partial charge in [0.25, 0.3) is 5.56 Å². The molecule has 2 heterocycles. The summed E-state index contributed by atoms with van der Waals surface area (Å²) in [4.78, 5) is 22.0. The monoisotopic (exact) mass is 372 g/mol. The fourth-order valence-corrected chi connectivity index (χ4v) is 3.51. The van der Waals surface area contributed by atoms with Crippen molar-refractivity contribution in [2.45, 2.75) is 57.5 Å². The predicted molar refractivity (Wildman–Crippen MR) is 103 cm³/mol. The number of thioether (sulfide) groups is 1. The van der Waals surface area contributed by atoms with Gasteiger partial charge in [-0.05, 0) is 30.9 Å². The van der Waals surface area contributed by atoms with Gasteiger partial charge in [0.2, 0.25) is 5.89 Å². The van der Waals surface area contributed by atoms with Gasteiger partial charge in [-0.3, -0.25) is 9.36 Å². The van der Waals surface area contributed by atoms with Gasteiger partial charge in [0.05, 0.1) is 16.7 Å². The summed E-state index contributed by atoms with van der Waals surface area (Å²) in [6.45, 7) is 7.04. The smallest absolute Gasteiger partial charge is 0.262 e. The van der Waals surface area contributed by atoms with E-state index in [0.717, 1.165) is 30.6 Å². The van der Waals surface area contributed by atoms with Crippen LogP contribution in [0.2, 0.25) is 0 Å². The van der Waals surface area contributed by atoms with Crippen molar-refractivity contribution in [3.05, 3.63) is 46.3 Å². The SMILES string of the molecule is CCCc1noc(CSc2nc3ccccc3c(=O)n2CCC(C)C)n1. The molecule has 3 aromatic rings. The molecule has 0 saturated heterocycles. The minimum atomic E-state index is 0.0101. The van der Waals surface area contributed by atoms with Crippen LogP contribution in [0.15, 0.2) is 38.7 Å². The van der Waals surface area contributed by atoms with Gasteiger partial charge in [0.1, 0.15) is 0 Å². The molecule has 0 atom stereocenters. The zero-order valence-electron chi connectivity index (χ0n) is 15.4. The highest BCUT2D eigenvalue weighted by molar-refractivity contribution is 7.98. The number of benzene rings is 1. The molecular weight excluding hydrogens is 348 g/mol. The number of rotatable bonds is 8. The number of fused-ring (bicyclic) bond motifs is 1. The van der Waals surface area contributed by atoms with E-state index < -0.39 is 0 Å². The molecule has 3 rings (SSSR count). The summed E-state index contributed by atoms with van der Waals surface area (Å²) in [6.07, 6.45) is 2.71. The van der Waals surface area contributed by atoms with Gasteiger partial charge in [-0.1, -0.05) is 49.8 Å². The van der Waals surface area contributed by atoms with E-state index in [9.17, 15) is 4.79 Å². The Morgan fingerprint density at radius 3 is 2.81 bits per heavy atom. The predicted octanol–water partition coefficient (Wildman–Crippen LogP) is 4.07. The molecule has 138 valence electrons. The van der Waals surface area contributed by atoms with Crippen LogP contribution in [0.3, 0.4) is 0 Å². The Morgan fingerprint density at radius 2 is 2.04 bits per heavy atom. The second-order valence-electron chi connectivity index (χ2n) is 6.69. The molecule has 0 spiro atoms. The first-order chi connectivity index (χ1) is 12.6. The quantitative estimate of drug-likeness (QED) is 0.438. The van der Waals surface area contributed by atoms with E-state index in [4.69, 9.17) is 9.51 Å². The Kier molecular flexibility index (Phi) is 6.08. The van der Waals surface area contributed by atoms with E-state index in [0.29, 0.717) is 34.6 Å². The Labute approximate surface area is 157 Å². The lowest BCUT2D eigenvalue weighted by Crippen LogP contribution is -2.24. The first-order valence-corrected chi connectivity index (χ1v) is 10.0. The Balaban J connectivity index is 1.89. The molecule has 0 aliphatic carbocycles. The van der Waals surface area contributed by atoms with Crippen molar-refractivity contribution in [3.63, 3.8) is 0 Å². The van der Waals surface area contributed by atoms with Crippen molar-refractivity contribution in [1.82, 2.24) is 19.7 Å². The number of hydrogen-bond donors (Lipinski definition) is 0. The highest BCUT2D eigenvalue weighted by Gasteiger charge is 2.14. The molecule has 2 aromatic heterocycles. The summed E-state index contributed by atoms with van der Waals surface area (Å²) in [7, 11) is 0. The van der Waals surface area contributed by atoms with E-state index in [1.54, 1.807) is 4.57 Å². The second-order valence-corrected chi connectivity index (χ2v) is 7.64. The molecule has 0 radical (unpaired) electrons. The molecule has 0 N–H and O–H groups in total. The van der Waals surface area contributed by atoms with Crippen LogP contribution in [0.25, 0.3) is 10.9 Å². The lowest BCUT2D eigenvalue weighted by atomic mass is 10.1. The third-order valence-electron chi connectivity index (χ3n) is 4.07. The number of aryl methyl sites for hydroxylation is 1. The van der Waals surface area contributed by atoms with Crippen molar-refractivity contribution >= 4 is 22.7 Å². The molecule has 0 amide bonds. The normalized spacial score (nSPS) is 11.5. The van der Waals surface area contributed by atoms with Gasteiger partial charge in [-0.25, -0.2) is 4.98 Å². The maximum absolute atomic E-state index is 12.9. The van der Waals surface area contributed by atoms with Crippen molar-refractivity contribution in [2.24, 2.45) is 5.92 Å². The molecule has 0 aliphatic heterocycles. The fourth-order valence-electron chi connectivity index (χ4n) is 2.64. The van der Waals surface area contributed by atoms with Crippen LogP contribution in [-0.4, -0.2) is 19.7 Å². The number of nitrogens with zero attached hydrogens (tertiary/aromatic N) is 4. The molecule has 7 heteroatoms. The minimum Gasteiger partial charge on any atom is -0.338 e. The Bertz CT molecular complexity index is 933. The zero-order chi connectivity index (χ0) is 18.5. The molecule has 0 fully saturated rings. The average molecular weight is 372 g/mol. The van der Waals surface area contributed by atoms with Crippen LogP contribution in [0, 0.1) is 5.92 Å². The highest BCUT2D eigenvalue weighted by Crippen LogP contribution is 2.22. The van der Waals surface area contributed by atoms with Gasteiger partial charge in [0.15, 0.2) is 11.0 Å². The van der Waals surface area contributed by atoms with Gasteiger partial charge in [0, 0.05) is 13.0 Å². The largest absolute Gasteiger partial charge is 0.338 e. The summed E-state index contributed by atoms with van der Waals surface area (Å²) < 4.78 is 7.07. The van der Waals surface area contributed by atoms with E-state index in [-0.39, 0.29) is 5.56 Å². The molecule has 0 saturated carbocycles. The molecule has 0 bridgehead atoms. The number of para-hydroxylation sites is 1. The van der Waals surface area contributed by atoms with Crippen LogP contribution >= 0.6 is 11.8 Å². The van der Waals surface area contributed by atoms with Gasteiger partial charge in [-0.2, -0.15) is 4.98 Å². The maximum atomic E-state index is 12.9. The van der Waals surface area contributed by atoms with Crippen molar-refractivity contribution in [1.29, 1.82) is 0 Å². The molecule has 0 aliphatic rings. The summed E-state index contributed by atoms with van der Waals surface area (Å²) in [5.41, 5.74) is 0.731. The van der Waals surface area contributed by atoms with Gasteiger partial charge >= 0.3 is 0 Å². The summed E-state index contributed by atoms with van der Waals surface area (Å²) in [5.74, 6) is 2.31. The van der Waals surface area contributed by atoms with Crippen LogP contribution in [0.5, 0.6) is 0 Å². The molecule has 26 heavy (non-hydrogen) atoms. The van der Waals surface area contributed by atoms with Crippen molar-refractivity contribution < 1.29 is 4.52 Å². The molecule has 0 unspecified atom stereocenters. The van der Waals surface area contributed by atoms with Crippen molar-refractivity contribution in [2.75, 3.05) is 0 Å².